The highest BCUT2D eigenvalue weighted by molar-refractivity contribution is 6.34. The van der Waals surface area contributed by atoms with E-state index in [0.717, 1.165) is 29.6 Å². The quantitative estimate of drug-likeness (QED) is 0.754. The first kappa shape index (κ1) is 11.3. The van der Waals surface area contributed by atoms with Gasteiger partial charge in [-0.15, -0.1) is 0 Å². The first-order chi connectivity index (χ1) is 7.66. The molecule has 0 saturated carbocycles. The molecule has 0 aliphatic rings. The van der Waals surface area contributed by atoms with Crippen LogP contribution in [-0.2, 0) is 6.42 Å². The Labute approximate surface area is 101 Å². The zero-order chi connectivity index (χ0) is 11.5. The number of benzene rings is 1. The summed E-state index contributed by atoms with van der Waals surface area (Å²) >= 11 is 6.13. The molecule has 0 saturated heterocycles. The van der Waals surface area contributed by atoms with E-state index < -0.39 is 0 Å². The van der Waals surface area contributed by atoms with E-state index in [0.29, 0.717) is 11.1 Å². The van der Waals surface area contributed by atoms with Crippen LogP contribution >= 0.6 is 11.6 Å². The third kappa shape index (κ3) is 2.50. The molecule has 0 bridgehead atoms. The van der Waals surface area contributed by atoms with Crippen LogP contribution in [0.15, 0.2) is 24.3 Å². The summed E-state index contributed by atoms with van der Waals surface area (Å²) in [5, 5.41) is 1.49. The third-order valence-corrected chi connectivity index (χ3v) is 2.84. The molecule has 16 heavy (non-hydrogen) atoms. The van der Waals surface area contributed by atoms with Gasteiger partial charge in [0.25, 0.3) is 0 Å². The second kappa shape index (κ2) is 4.79. The van der Waals surface area contributed by atoms with E-state index in [2.05, 4.69) is 23.8 Å². The first-order valence-corrected chi connectivity index (χ1v) is 5.96. The molecule has 0 unspecified atom stereocenters. The van der Waals surface area contributed by atoms with Crippen LogP contribution in [-0.4, -0.2) is 9.97 Å². The minimum atomic E-state index is 0.560. The van der Waals surface area contributed by atoms with Gasteiger partial charge in [0.05, 0.1) is 5.52 Å². The van der Waals surface area contributed by atoms with E-state index in [1.807, 2.05) is 24.3 Å². The Balaban J connectivity index is 2.34. The minimum Gasteiger partial charge on any atom is -0.233 e. The van der Waals surface area contributed by atoms with Crippen molar-refractivity contribution in [2.24, 2.45) is 5.92 Å². The molecular weight excluding hydrogens is 220 g/mol. The SMILES string of the molecule is CC(C)CCc1nc(Cl)c2ccccc2n1. The molecule has 0 N–H and O–H groups in total. The van der Waals surface area contributed by atoms with Crippen LogP contribution in [0.25, 0.3) is 10.9 Å². The minimum absolute atomic E-state index is 0.560. The van der Waals surface area contributed by atoms with E-state index in [4.69, 9.17) is 11.6 Å². The maximum absolute atomic E-state index is 6.13. The fourth-order valence-electron chi connectivity index (χ4n) is 1.61. The molecule has 0 aliphatic carbocycles. The summed E-state index contributed by atoms with van der Waals surface area (Å²) in [6.07, 6.45) is 1.98. The topological polar surface area (TPSA) is 25.8 Å². The number of aromatic nitrogens is 2. The molecule has 2 nitrogen and oxygen atoms in total. The Bertz CT molecular complexity index is 494. The van der Waals surface area contributed by atoms with E-state index in [1.165, 1.54) is 0 Å². The molecule has 3 heteroatoms. The van der Waals surface area contributed by atoms with Gasteiger partial charge < -0.3 is 0 Å². The van der Waals surface area contributed by atoms with Crippen molar-refractivity contribution < 1.29 is 0 Å². The number of halogens is 1. The van der Waals surface area contributed by atoms with Gasteiger partial charge in [-0.3, -0.25) is 0 Å². The van der Waals surface area contributed by atoms with Gasteiger partial charge in [-0.2, -0.15) is 0 Å². The smallest absolute Gasteiger partial charge is 0.140 e. The van der Waals surface area contributed by atoms with E-state index >= 15 is 0 Å². The van der Waals surface area contributed by atoms with Gasteiger partial charge in [0.1, 0.15) is 11.0 Å². The van der Waals surface area contributed by atoms with Gasteiger partial charge >= 0.3 is 0 Å². The maximum Gasteiger partial charge on any atom is 0.140 e. The van der Waals surface area contributed by atoms with Crippen molar-refractivity contribution in [2.45, 2.75) is 26.7 Å². The number of nitrogens with zero attached hydrogens (tertiary/aromatic N) is 2. The zero-order valence-corrected chi connectivity index (χ0v) is 10.3. The molecular formula is C13H15ClN2. The summed E-state index contributed by atoms with van der Waals surface area (Å²) in [5.74, 6) is 1.51. The van der Waals surface area contributed by atoms with Crippen LogP contribution in [0, 0.1) is 5.92 Å². The maximum atomic E-state index is 6.13. The van der Waals surface area contributed by atoms with Crippen molar-refractivity contribution in [3.05, 3.63) is 35.2 Å². The molecule has 84 valence electrons. The second-order valence-corrected chi connectivity index (χ2v) is 4.74. The van der Waals surface area contributed by atoms with Gasteiger partial charge in [-0.25, -0.2) is 9.97 Å². The van der Waals surface area contributed by atoms with Crippen LogP contribution < -0.4 is 0 Å². The molecule has 2 rings (SSSR count). The van der Waals surface area contributed by atoms with Gasteiger partial charge in [0.2, 0.25) is 0 Å². The van der Waals surface area contributed by atoms with Crippen LogP contribution in [0.5, 0.6) is 0 Å². The lowest BCUT2D eigenvalue weighted by Crippen LogP contribution is -1.99. The highest BCUT2D eigenvalue weighted by Crippen LogP contribution is 2.20. The Morgan fingerprint density at radius 3 is 2.69 bits per heavy atom. The lowest BCUT2D eigenvalue weighted by molar-refractivity contribution is 0.575. The number of fused-ring (bicyclic) bond motifs is 1. The van der Waals surface area contributed by atoms with Crippen molar-refractivity contribution in [3.63, 3.8) is 0 Å². The fraction of sp³-hybridized carbons (Fsp3) is 0.385. The van der Waals surface area contributed by atoms with Gasteiger partial charge in [-0.1, -0.05) is 37.6 Å². The summed E-state index contributed by atoms with van der Waals surface area (Å²) in [4.78, 5) is 8.84. The largest absolute Gasteiger partial charge is 0.233 e. The Kier molecular flexibility index (Phi) is 3.39. The highest BCUT2D eigenvalue weighted by Gasteiger charge is 2.05. The summed E-state index contributed by atoms with van der Waals surface area (Å²) in [7, 11) is 0. The lowest BCUT2D eigenvalue weighted by Gasteiger charge is -2.05. The van der Waals surface area contributed by atoms with Crippen molar-refractivity contribution in [2.75, 3.05) is 0 Å². The molecule has 0 atom stereocenters. The molecule has 0 amide bonds. The summed E-state index contributed by atoms with van der Waals surface area (Å²) in [6, 6.07) is 7.84. The van der Waals surface area contributed by atoms with Gasteiger partial charge in [0.15, 0.2) is 0 Å². The predicted octanol–water partition coefficient (Wildman–Crippen LogP) is 3.87. The summed E-state index contributed by atoms with van der Waals surface area (Å²) in [5.41, 5.74) is 0.932. The summed E-state index contributed by atoms with van der Waals surface area (Å²) in [6.45, 7) is 4.39. The Morgan fingerprint density at radius 1 is 1.19 bits per heavy atom. The molecule has 0 spiro atoms. The normalized spacial score (nSPS) is 11.2. The molecule has 1 aromatic heterocycles. The Hall–Kier alpha value is -1.15. The van der Waals surface area contributed by atoms with Crippen LogP contribution in [0.3, 0.4) is 0 Å². The average molecular weight is 235 g/mol. The molecule has 2 aromatic rings. The Morgan fingerprint density at radius 2 is 1.94 bits per heavy atom. The third-order valence-electron chi connectivity index (χ3n) is 2.55. The van der Waals surface area contributed by atoms with Crippen LogP contribution in [0.4, 0.5) is 0 Å². The fourth-order valence-corrected chi connectivity index (χ4v) is 1.87. The van der Waals surface area contributed by atoms with Gasteiger partial charge in [-0.05, 0) is 24.5 Å². The zero-order valence-electron chi connectivity index (χ0n) is 9.57. The van der Waals surface area contributed by atoms with Gasteiger partial charge in [0, 0.05) is 11.8 Å². The van der Waals surface area contributed by atoms with Crippen molar-refractivity contribution >= 4 is 22.5 Å². The number of hydrogen-bond donors (Lipinski definition) is 0. The standard InChI is InChI=1S/C13H15ClN2/c1-9(2)7-8-12-15-11-6-4-3-5-10(11)13(14)16-12/h3-6,9H,7-8H2,1-2H3. The molecule has 0 radical (unpaired) electrons. The predicted molar refractivity (Wildman–Crippen MR) is 67.7 cm³/mol. The molecule has 0 aliphatic heterocycles. The van der Waals surface area contributed by atoms with Crippen molar-refractivity contribution in [1.82, 2.24) is 9.97 Å². The van der Waals surface area contributed by atoms with Crippen molar-refractivity contribution in [3.8, 4) is 0 Å². The second-order valence-electron chi connectivity index (χ2n) is 4.38. The number of para-hydroxylation sites is 1. The van der Waals surface area contributed by atoms with E-state index in [1.54, 1.807) is 0 Å². The first-order valence-electron chi connectivity index (χ1n) is 5.58. The van der Waals surface area contributed by atoms with E-state index in [9.17, 15) is 0 Å². The van der Waals surface area contributed by atoms with Crippen LogP contribution in [0.1, 0.15) is 26.1 Å². The molecule has 1 aromatic carbocycles. The summed E-state index contributed by atoms with van der Waals surface area (Å²) < 4.78 is 0. The average Bonchev–Trinajstić information content (AvgIpc) is 2.26. The highest BCUT2D eigenvalue weighted by atomic mass is 35.5. The molecule has 1 heterocycles. The number of aryl methyl sites for hydroxylation is 1. The monoisotopic (exact) mass is 234 g/mol. The van der Waals surface area contributed by atoms with E-state index in [-0.39, 0.29) is 0 Å². The number of hydrogen-bond acceptors (Lipinski definition) is 2. The van der Waals surface area contributed by atoms with Crippen molar-refractivity contribution in [1.29, 1.82) is 0 Å². The molecule has 0 fully saturated rings. The lowest BCUT2D eigenvalue weighted by atomic mass is 10.1. The number of rotatable bonds is 3. The van der Waals surface area contributed by atoms with Crippen LogP contribution in [0.2, 0.25) is 5.15 Å².